The number of amides is 2. The number of anilines is 1. The van der Waals surface area contributed by atoms with Gasteiger partial charge in [0.05, 0.1) is 29.2 Å². The van der Waals surface area contributed by atoms with Crippen LogP contribution in [0.4, 0.5) is 5.69 Å². The molecule has 3 aromatic rings. The van der Waals surface area contributed by atoms with Gasteiger partial charge >= 0.3 is 0 Å². The monoisotopic (exact) mass is 346 g/mol. The van der Waals surface area contributed by atoms with Crippen molar-refractivity contribution in [3.05, 3.63) is 71.3 Å². The molecule has 3 N–H and O–H groups in total. The van der Waals surface area contributed by atoms with Crippen LogP contribution in [0.3, 0.4) is 0 Å². The number of hydrogen-bond donors (Lipinski definition) is 2. The first-order valence-electron chi connectivity index (χ1n) is 7.62. The van der Waals surface area contributed by atoms with Crippen molar-refractivity contribution >= 4 is 17.5 Å². The van der Waals surface area contributed by atoms with E-state index in [2.05, 4.69) is 15.4 Å². The zero-order chi connectivity index (χ0) is 18.7. The van der Waals surface area contributed by atoms with Crippen LogP contribution in [0.1, 0.15) is 32.1 Å². The minimum atomic E-state index is -0.773. The summed E-state index contributed by atoms with van der Waals surface area (Å²) in [6.07, 6.45) is 2.86. The van der Waals surface area contributed by atoms with Gasteiger partial charge in [-0.2, -0.15) is 10.4 Å². The third-order valence-corrected chi connectivity index (χ3v) is 3.62. The molecule has 1 aromatic carbocycles. The molecule has 128 valence electrons. The highest BCUT2D eigenvalue weighted by atomic mass is 16.2. The SMILES string of the molecule is Cc1ccc(-n2cc(NC(=O)c3cc(C#N)ccn3)c(C(N)=O)n2)cc1. The number of benzene rings is 1. The fraction of sp³-hybridized carbons (Fsp3) is 0.0556. The van der Waals surface area contributed by atoms with Crippen LogP contribution in [-0.4, -0.2) is 26.6 Å². The van der Waals surface area contributed by atoms with Crippen LogP contribution in [0.25, 0.3) is 5.69 Å². The molecule has 3 rings (SSSR count). The first-order valence-corrected chi connectivity index (χ1v) is 7.62. The van der Waals surface area contributed by atoms with Crippen LogP contribution in [0.5, 0.6) is 0 Å². The summed E-state index contributed by atoms with van der Waals surface area (Å²) in [5.74, 6) is -1.35. The Morgan fingerprint density at radius 3 is 2.62 bits per heavy atom. The molecular weight excluding hydrogens is 332 g/mol. The summed E-state index contributed by atoms with van der Waals surface area (Å²) >= 11 is 0. The Morgan fingerprint density at radius 1 is 1.23 bits per heavy atom. The average Bonchev–Trinajstić information content (AvgIpc) is 3.06. The van der Waals surface area contributed by atoms with Crippen molar-refractivity contribution in [1.29, 1.82) is 5.26 Å². The highest BCUT2D eigenvalue weighted by Gasteiger charge is 2.18. The molecule has 0 saturated heterocycles. The molecule has 26 heavy (non-hydrogen) atoms. The summed E-state index contributed by atoms with van der Waals surface area (Å²) in [5.41, 5.74) is 7.58. The Labute approximate surface area is 148 Å². The van der Waals surface area contributed by atoms with Crippen molar-refractivity contribution in [3.8, 4) is 11.8 Å². The Hall–Kier alpha value is -3.99. The van der Waals surface area contributed by atoms with Crippen LogP contribution in [0.2, 0.25) is 0 Å². The van der Waals surface area contributed by atoms with E-state index in [0.29, 0.717) is 11.3 Å². The second-order valence-corrected chi connectivity index (χ2v) is 5.53. The molecule has 0 atom stereocenters. The van der Waals surface area contributed by atoms with Gasteiger partial charge in [-0.05, 0) is 31.2 Å². The van der Waals surface area contributed by atoms with E-state index in [-0.39, 0.29) is 17.1 Å². The maximum Gasteiger partial charge on any atom is 0.274 e. The largest absolute Gasteiger partial charge is 0.364 e. The van der Waals surface area contributed by atoms with Gasteiger partial charge in [-0.15, -0.1) is 0 Å². The Balaban J connectivity index is 1.93. The number of nitrogens with two attached hydrogens (primary N) is 1. The normalized spacial score (nSPS) is 10.2. The Morgan fingerprint density at radius 2 is 1.96 bits per heavy atom. The molecule has 0 aliphatic rings. The van der Waals surface area contributed by atoms with Crippen LogP contribution in [0.15, 0.2) is 48.8 Å². The molecule has 2 aromatic heterocycles. The van der Waals surface area contributed by atoms with Gasteiger partial charge < -0.3 is 11.1 Å². The van der Waals surface area contributed by atoms with Gasteiger partial charge in [0.25, 0.3) is 11.8 Å². The highest BCUT2D eigenvalue weighted by Crippen LogP contribution is 2.18. The molecule has 0 bridgehead atoms. The molecule has 0 radical (unpaired) electrons. The van der Waals surface area contributed by atoms with E-state index in [4.69, 9.17) is 11.0 Å². The predicted molar refractivity (Wildman–Crippen MR) is 93.7 cm³/mol. The number of hydrogen-bond acceptors (Lipinski definition) is 5. The predicted octanol–water partition coefficient (Wildman–Crippen LogP) is 1.80. The van der Waals surface area contributed by atoms with E-state index >= 15 is 0 Å². The number of pyridine rings is 1. The highest BCUT2D eigenvalue weighted by molar-refractivity contribution is 6.07. The molecule has 0 aliphatic carbocycles. The van der Waals surface area contributed by atoms with Crippen LogP contribution >= 0.6 is 0 Å². The molecule has 0 spiro atoms. The van der Waals surface area contributed by atoms with E-state index in [1.165, 1.54) is 29.2 Å². The molecule has 2 amide bonds. The van der Waals surface area contributed by atoms with E-state index in [1.807, 2.05) is 37.3 Å². The number of nitrogens with zero attached hydrogens (tertiary/aromatic N) is 4. The summed E-state index contributed by atoms with van der Waals surface area (Å²) in [7, 11) is 0. The number of nitrogens with one attached hydrogen (secondary N) is 1. The zero-order valence-corrected chi connectivity index (χ0v) is 13.8. The minimum absolute atomic E-state index is 0.0440. The fourth-order valence-corrected chi connectivity index (χ4v) is 2.29. The molecular formula is C18H14N6O2. The van der Waals surface area contributed by atoms with Gasteiger partial charge in [0.1, 0.15) is 5.69 Å². The molecule has 2 heterocycles. The number of aromatic nitrogens is 3. The average molecular weight is 346 g/mol. The minimum Gasteiger partial charge on any atom is -0.364 e. The zero-order valence-electron chi connectivity index (χ0n) is 13.8. The number of primary amides is 1. The van der Waals surface area contributed by atoms with Gasteiger partial charge in [0, 0.05) is 6.20 Å². The van der Waals surface area contributed by atoms with Crippen molar-refractivity contribution in [2.45, 2.75) is 6.92 Å². The lowest BCUT2D eigenvalue weighted by atomic mass is 10.2. The Bertz CT molecular complexity index is 1030. The quantitative estimate of drug-likeness (QED) is 0.744. The fourth-order valence-electron chi connectivity index (χ4n) is 2.29. The van der Waals surface area contributed by atoms with Gasteiger partial charge in [0.15, 0.2) is 5.69 Å². The first-order chi connectivity index (χ1) is 12.5. The summed E-state index contributed by atoms with van der Waals surface area (Å²) in [5, 5.41) is 15.6. The summed E-state index contributed by atoms with van der Waals surface area (Å²) in [6.45, 7) is 1.95. The lowest BCUT2D eigenvalue weighted by Crippen LogP contribution is -2.18. The maximum absolute atomic E-state index is 12.4. The van der Waals surface area contributed by atoms with Crippen LogP contribution in [0, 0.1) is 18.3 Å². The van der Waals surface area contributed by atoms with Crippen molar-refractivity contribution in [3.63, 3.8) is 0 Å². The molecule has 0 fully saturated rings. The summed E-state index contributed by atoms with van der Waals surface area (Å²) < 4.78 is 1.45. The van der Waals surface area contributed by atoms with Crippen molar-refractivity contribution in [1.82, 2.24) is 14.8 Å². The van der Waals surface area contributed by atoms with E-state index in [0.717, 1.165) is 5.56 Å². The smallest absolute Gasteiger partial charge is 0.274 e. The van der Waals surface area contributed by atoms with E-state index < -0.39 is 11.8 Å². The molecule has 0 saturated carbocycles. The van der Waals surface area contributed by atoms with Gasteiger partial charge in [-0.1, -0.05) is 17.7 Å². The molecule has 8 heteroatoms. The van der Waals surface area contributed by atoms with E-state index in [1.54, 1.807) is 0 Å². The molecule has 0 aliphatic heterocycles. The standard InChI is InChI=1S/C18H14N6O2/c1-11-2-4-13(5-3-11)24-10-15(16(23-24)17(20)25)22-18(26)14-8-12(9-19)6-7-21-14/h2-8,10H,1H3,(H2,20,25)(H,22,26). The summed E-state index contributed by atoms with van der Waals surface area (Å²) in [4.78, 5) is 28.0. The number of rotatable bonds is 4. The number of carbonyl (C=O) groups excluding carboxylic acids is 2. The molecule has 0 unspecified atom stereocenters. The number of aryl methyl sites for hydroxylation is 1. The third kappa shape index (κ3) is 3.42. The van der Waals surface area contributed by atoms with Crippen molar-refractivity contribution in [2.24, 2.45) is 5.73 Å². The lowest BCUT2D eigenvalue weighted by molar-refractivity contribution is 0.0996. The van der Waals surface area contributed by atoms with Gasteiger partial charge in [-0.3, -0.25) is 14.6 Å². The second-order valence-electron chi connectivity index (χ2n) is 5.53. The van der Waals surface area contributed by atoms with Crippen molar-refractivity contribution in [2.75, 3.05) is 5.32 Å². The number of nitriles is 1. The topological polar surface area (TPSA) is 127 Å². The Kier molecular flexibility index (Phi) is 4.45. The van der Waals surface area contributed by atoms with E-state index in [9.17, 15) is 9.59 Å². The first kappa shape index (κ1) is 16.9. The molecule has 8 nitrogen and oxygen atoms in total. The second kappa shape index (κ2) is 6.86. The summed E-state index contributed by atoms with van der Waals surface area (Å²) in [6, 6.07) is 12.2. The van der Waals surface area contributed by atoms with Crippen LogP contribution in [-0.2, 0) is 0 Å². The van der Waals surface area contributed by atoms with Crippen LogP contribution < -0.4 is 11.1 Å². The van der Waals surface area contributed by atoms with Gasteiger partial charge in [0.2, 0.25) is 0 Å². The third-order valence-electron chi connectivity index (χ3n) is 3.62. The van der Waals surface area contributed by atoms with Gasteiger partial charge in [-0.25, -0.2) is 4.68 Å². The number of carbonyl (C=O) groups is 2. The maximum atomic E-state index is 12.4. The van der Waals surface area contributed by atoms with Crippen molar-refractivity contribution < 1.29 is 9.59 Å². The lowest BCUT2D eigenvalue weighted by Gasteiger charge is -2.03.